The van der Waals surface area contributed by atoms with Crippen molar-refractivity contribution in [1.29, 1.82) is 5.26 Å². The van der Waals surface area contributed by atoms with Crippen molar-refractivity contribution in [3.8, 4) is 6.07 Å². The minimum absolute atomic E-state index is 0.0821. The highest BCUT2D eigenvalue weighted by Gasteiger charge is 2.22. The molecule has 2 rings (SSSR count). The Morgan fingerprint density at radius 2 is 2.15 bits per heavy atom. The van der Waals surface area contributed by atoms with Gasteiger partial charge in [-0.3, -0.25) is 4.79 Å². The molecule has 0 aliphatic heterocycles. The minimum atomic E-state index is -0.604. The number of pyridine rings is 1. The number of carbonyl (C=O) groups is 1. The summed E-state index contributed by atoms with van der Waals surface area (Å²) < 4.78 is 4.92. The van der Waals surface area contributed by atoms with Crippen LogP contribution in [0.4, 0.5) is 0 Å². The van der Waals surface area contributed by atoms with E-state index in [2.05, 4.69) is 4.98 Å². The lowest BCUT2D eigenvalue weighted by molar-refractivity contribution is 0.0525. The lowest BCUT2D eigenvalue weighted by Gasteiger charge is -2.22. The Morgan fingerprint density at radius 1 is 1.45 bits per heavy atom. The molecule has 0 saturated heterocycles. The molecule has 0 amide bonds. The molecular formula is C15H18N2O3. The van der Waals surface area contributed by atoms with E-state index in [1.807, 2.05) is 0 Å². The van der Waals surface area contributed by atoms with Crippen LogP contribution in [-0.4, -0.2) is 17.6 Å². The van der Waals surface area contributed by atoms with E-state index in [-0.39, 0.29) is 23.7 Å². The Balaban J connectivity index is 2.43. The highest BCUT2D eigenvalue weighted by Crippen LogP contribution is 2.31. The van der Waals surface area contributed by atoms with Crippen LogP contribution in [0.15, 0.2) is 10.9 Å². The Kier molecular flexibility index (Phi) is 4.57. The molecule has 106 valence electrons. The van der Waals surface area contributed by atoms with Crippen LogP contribution in [0.25, 0.3) is 0 Å². The van der Waals surface area contributed by atoms with Gasteiger partial charge < -0.3 is 9.72 Å². The van der Waals surface area contributed by atoms with Gasteiger partial charge in [0.15, 0.2) is 0 Å². The number of carbonyl (C=O) groups excluding carboxylic acids is 1. The number of hydrogen-bond donors (Lipinski definition) is 1. The van der Waals surface area contributed by atoms with Crippen molar-refractivity contribution in [3.63, 3.8) is 0 Å². The largest absolute Gasteiger partial charge is 0.462 e. The van der Waals surface area contributed by atoms with Crippen LogP contribution in [-0.2, 0) is 4.74 Å². The highest BCUT2D eigenvalue weighted by atomic mass is 16.5. The Bertz CT molecular complexity index is 592. The third kappa shape index (κ3) is 2.90. The Labute approximate surface area is 117 Å². The topological polar surface area (TPSA) is 83.0 Å². The molecule has 0 aromatic carbocycles. The predicted molar refractivity (Wildman–Crippen MR) is 73.6 cm³/mol. The van der Waals surface area contributed by atoms with E-state index in [1.54, 1.807) is 19.1 Å². The van der Waals surface area contributed by atoms with Crippen LogP contribution in [0.1, 0.15) is 66.6 Å². The van der Waals surface area contributed by atoms with Gasteiger partial charge in [0.2, 0.25) is 0 Å². The molecule has 5 heteroatoms. The molecule has 1 aromatic heterocycles. The molecule has 0 unspecified atom stereocenters. The molecule has 1 saturated carbocycles. The molecule has 1 fully saturated rings. The van der Waals surface area contributed by atoms with Gasteiger partial charge >= 0.3 is 5.97 Å². The van der Waals surface area contributed by atoms with Crippen LogP contribution >= 0.6 is 0 Å². The quantitative estimate of drug-likeness (QED) is 0.858. The molecule has 1 aliphatic carbocycles. The monoisotopic (exact) mass is 274 g/mol. The molecule has 5 nitrogen and oxygen atoms in total. The first-order valence-corrected chi connectivity index (χ1v) is 7.01. The van der Waals surface area contributed by atoms with E-state index >= 15 is 0 Å². The molecule has 1 aliphatic rings. The number of esters is 1. The zero-order chi connectivity index (χ0) is 14.5. The summed E-state index contributed by atoms with van der Waals surface area (Å²) >= 11 is 0. The van der Waals surface area contributed by atoms with Gasteiger partial charge in [0.05, 0.1) is 12.2 Å². The van der Waals surface area contributed by atoms with E-state index in [1.165, 1.54) is 6.42 Å². The summed E-state index contributed by atoms with van der Waals surface area (Å²) in [7, 11) is 0. The summed E-state index contributed by atoms with van der Waals surface area (Å²) in [5.41, 5.74) is 0.164. The second-order valence-electron chi connectivity index (χ2n) is 5.01. The van der Waals surface area contributed by atoms with Crippen LogP contribution in [0.3, 0.4) is 0 Å². The maximum atomic E-state index is 12.0. The molecule has 20 heavy (non-hydrogen) atoms. The van der Waals surface area contributed by atoms with Gasteiger partial charge in [-0.1, -0.05) is 19.3 Å². The number of aromatic amines is 1. The maximum absolute atomic E-state index is 12.0. The van der Waals surface area contributed by atoms with Gasteiger partial charge in [0.1, 0.15) is 11.6 Å². The maximum Gasteiger partial charge on any atom is 0.339 e. The first-order chi connectivity index (χ1) is 9.67. The highest BCUT2D eigenvalue weighted by molar-refractivity contribution is 5.92. The third-order valence-electron chi connectivity index (χ3n) is 3.71. The molecule has 1 heterocycles. The van der Waals surface area contributed by atoms with Crippen LogP contribution in [0, 0.1) is 11.3 Å². The number of aromatic nitrogens is 1. The zero-order valence-corrected chi connectivity index (χ0v) is 11.6. The molecular weight excluding hydrogens is 256 g/mol. The van der Waals surface area contributed by atoms with E-state index < -0.39 is 11.5 Å². The standard InChI is InChI=1S/C15H18N2O3/c1-2-20-15(19)11-8-13(10-6-4-3-5-7-10)17-14(18)12(11)9-16/h8,10H,2-7H2,1H3,(H,17,18). The first-order valence-electron chi connectivity index (χ1n) is 7.01. The fourth-order valence-electron chi connectivity index (χ4n) is 2.69. The van der Waals surface area contributed by atoms with E-state index in [0.717, 1.165) is 31.4 Å². The number of nitriles is 1. The number of hydrogen-bond acceptors (Lipinski definition) is 4. The minimum Gasteiger partial charge on any atom is -0.462 e. The van der Waals surface area contributed by atoms with E-state index in [9.17, 15) is 9.59 Å². The SMILES string of the molecule is CCOC(=O)c1cc(C2CCCCC2)[nH]c(=O)c1C#N. The fraction of sp³-hybridized carbons (Fsp3) is 0.533. The van der Waals surface area contributed by atoms with Crippen molar-refractivity contribution in [1.82, 2.24) is 4.98 Å². The van der Waals surface area contributed by atoms with Crippen molar-refractivity contribution in [3.05, 3.63) is 33.2 Å². The second-order valence-corrected chi connectivity index (χ2v) is 5.01. The number of rotatable bonds is 3. The van der Waals surface area contributed by atoms with Gasteiger partial charge in [0.25, 0.3) is 5.56 Å². The summed E-state index contributed by atoms with van der Waals surface area (Å²) in [5, 5.41) is 9.04. The van der Waals surface area contributed by atoms with Crippen molar-refractivity contribution in [2.75, 3.05) is 6.61 Å². The van der Waals surface area contributed by atoms with Crippen molar-refractivity contribution < 1.29 is 9.53 Å². The van der Waals surface area contributed by atoms with Crippen molar-refractivity contribution >= 4 is 5.97 Å². The van der Waals surface area contributed by atoms with Gasteiger partial charge in [-0.05, 0) is 31.7 Å². The second kappa shape index (κ2) is 6.38. The van der Waals surface area contributed by atoms with Crippen molar-refractivity contribution in [2.45, 2.75) is 44.9 Å². The molecule has 0 atom stereocenters. The fourth-order valence-corrected chi connectivity index (χ4v) is 2.69. The third-order valence-corrected chi connectivity index (χ3v) is 3.71. The molecule has 0 spiro atoms. The lowest BCUT2D eigenvalue weighted by atomic mass is 9.86. The zero-order valence-electron chi connectivity index (χ0n) is 11.6. The summed E-state index contributed by atoms with van der Waals surface area (Å²) in [6, 6.07) is 3.41. The van der Waals surface area contributed by atoms with E-state index in [0.29, 0.717) is 0 Å². The predicted octanol–water partition coefficient (Wildman–Crippen LogP) is 2.47. The Morgan fingerprint density at radius 3 is 2.75 bits per heavy atom. The smallest absolute Gasteiger partial charge is 0.339 e. The lowest BCUT2D eigenvalue weighted by Crippen LogP contribution is -2.21. The molecule has 0 bridgehead atoms. The van der Waals surface area contributed by atoms with Gasteiger partial charge in [0, 0.05) is 5.69 Å². The van der Waals surface area contributed by atoms with E-state index in [4.69, 9.17) is 10.00 Å². The number of nitrogens with one attached hydrogen (secondary N) is 1. The summed E-state index contributed by atoms with van der Waals surface area (Å²) in [5.74, 6) is -0.343. The summed E-state index contributed by atoms with van der Waals surface area (Å²) in [6.45, 7) is 1.91. The van der Waals surface area contributed by atoms with Crippen molar-refractivity contribution in [2.24, 2.45) is 0 Å². The van der Waals surface area contributed by atoms with Gasteiger partial charge in [-0.2, -0.15) is 5.26 Å². The number of ether oxygens (including phenoxy) is 1. The molecule has 0 radical (unpaired) electrons. The Hall–Kier alpha value is -2.09. The first kappa shape index (κ1) is 14.3. The molecule has 1 aromatic rings. The van der Waals surface area contributed by atoms with Crippen LogP contribution in [0.5, 0.6) is 0 Å². The summed E-state index contributed by atoms with van der Waals surface area (Å²) in [4.78, 5) is 26.6. The van der Waals surface area contributed by atoms with Gasteiger partial charge in [-0.15, -0.1) is 0 Å². The van der Waals surface area contributed by atoms with Gasteiger partial charge in [-0.25, -0.2) is 4.79 Å². The molecule has 1 N–H and O–H groups in total. The average Bonchev–Trinajstić information content (AvgIpc) is 2.47. The summed E-state index contributed by atoms with van der Waals surface area (Å²) in [6.07, 6.45) is 5.47. The number of nitrogens with zero attached hydrogens (tertiary/aromatic N) is 1. The van der Waals surface area contributed by atoms with Crippen LogP contribution in [0.2, 0.25) is 0 Å². The van der Waals surface area contributed by atoms with Crippen LogP contribution < -0.4 is 5.56 Å². The average molecular weight is 274 g/mol. The normalized spacial score (nSPS) is 15.6. The number of H-pyrrole nitrogens is 1.